The van der Waals surface area contributed by atoms with Crippen molar-refractivity contribution in [3.63, 3.8) is 0 Å². The second-order valence-electron chi connectivity index (χ2n) is 4.10. The summed E-state index contributed by atoms with van der Waals surface area (Å²) < 4.78 is 0. The molecule has 0 spiro atoms. The molecule has 0 fully saturated rings. The zero-order valence-electron chi connectivity index (χ0n) is 9.42. The summed E-state index contributed by atoms with van der Waals surface area (Å²) in [6.45, 7) is 3.31. The standard InChI is InChI=1S/C14H19N/c1-2-3-11-15-14-10-6-8-12-7-4-5-9-13(12)14/h5-6,8-10,15H,2-4,7,11H2,1H3. The number of nitrogens with one attached hydrogen (secondary N) is 1. The van der Waals surface area contributed by atoms with Gasteiger partial charge in [-0.1, -0.05) is 37.6 Å². The fraction of sp³-hybridized carbons (Fsp3) is 0.429. The Hall–Kier alpha value is -1.24. The third-order valence-electron chi connectivity index (χ3n) is 2.91. The van der Waals surface area contributed by atoms with E-state index >= 15 is 0 Å². The first kappa shape index (κ1) is 10.3. The fourth-order valence-corrected chi connectivity index (χ4v) is 2.02. The molecule has 1 aliphatic carbocycles. The van der Waals surface area contributed by atoms with Crippen LogP contribution in [0.25, 0.3) is 6.08 Å². The number of aryl methyl sites for hydroxylation is 1. The Morgan fingerprint density at radius 3 is 3.13 bits per heavy atom. The highest BCUT2D eigenvalue weighted by molar-refractivity contribution is 5.70. The molecule has 15 heavy (non-hydrogen) atoms. The molecule has 0 unspecified atom stereocenters. The molecule has 1 aliphatic rings. The van der Waals surface area contributed by atoms with Gasteiger partial charge < -0.3 is 5.32 Å². The fourth-order valence-electron chi connectivity index (χ4n) is 2.02. The smallest absolute Gasteiger partial charge is 0.0416 e. The van der Waals surface area contributed by atoms with Gasteiger partial charge in [-0.05, 0) is 30.9 Å². The van der Waals surface area contributed by atoms with Crippen LogP contribution in [-0.4, -0.2) is 6.54 Å². The molecule has 80 valence electrons. The summed E-state index contributed by atoms with van der Waals surface area (Å²) in [5, 5.41) is 3.52. The van der Waals surface area contributed by atoms with Crippen LogP contribution in [-0.2, 0) is 6.42 Å². The number of hydrogen-bond acceptors (Lipinski definition) is 1. The first-order valence-electron chi connectivity index (χ1n) is 5.94. The lowest BCUT2D eigenvalue weighted by atomic mass is 9.96. The topological polar surface area (TPSA) is 12.0 Å². The van der Waals surface area contributed by atoms with E-state index in [1.165, 1.54) is 42.5 Å². The SMILES string of the molecule is CCCCNc1cccc2c1C=CCC2. The molecular formula is C14H19N. The van der Waals surface area contributed by atoms with E-state index in [0.29, 0.717) is 0 Å². The molecule has 0 radical (unpaired) electrons. The van der Waals surface area contributed by atoms with E-state index in [1.807, 2.05) is 0 Å². The van der Waals surface area contributed by atoms with Gasteiger partial charge in [-0.25, -0.2) is 0 Å². The summed E-state index contributed by atoms with van der Waals surface area (Å²) in [7, 11) is 0. The maximum atomic E-state index is 3.52. The van der Waals surface area contributed by atoms with E-state index in [9.17, 15) is 0 Å². The number of benzene rings is 1. The maximum absolute atomic E-state index is 3.52. The number of rotatable bonds is 4. The molecule has 0 saturated carbocycles. The van der Waals surface area contributed by atoms with Gasteiger partial charge in [0, 0.05) is 17.8 Å². The summed E-state index contributed by atoms with van der Waals surface area (Å²) in [6.07, 6.45) is 9.40. The van der Waals surface area contributed by atoms with Crippen molar-refractivity contribution < 1.29 is 0 Å². The summed E-state index contributed by atoms with van der Waals surface area (Å²) in [4.78, 5) is 0. The Balaban J connectivity index is 2.14. The molecule has 0 aromatic heterocycles. The average molecular weight is 201 g/mol. The van der Waals surface area contributed by atoms with E-state index in [-0.39, 0.29) is 0 Å². The molecule has 1 aromatic carbocycles. The monoisotopic (exact) mass is 201 g/mol. The van der Waals surface area contributed by atoms with Crippen molar-refractivity contribution >= 4 is 11.8 Å². The molecule has 0 atom stereocenters. The zero-order chi connectivity index (χ0) is 10.5. The minimum absolute atomic E-state index is 1.08. The van der Waals surface area contributed by atoms with Crippen LogP contribution in [0.4, 0.5) is 5.69 Å². The second kappa shape index (κ2) is 5.01. The van der Waals surface area contributed by atoms with Crippen molar-refractivity contribution in [1.82, 2.24) is 0 Å². The minimum Gasteiger partial charge on any atom is -0.385 e. The van der Waals surface area contributed by atoms with Crippen LogP contribution in [0.3, 0.4) is 0 Å². The molecule has 1 N–H and O–H groups in total. The molecule has 0 bridgehead atoms. The van der Waals surface area contributed by atoms with Crippen LogP contribution in [0.1, 0.15) is 37.3 Å². The quantitative estimate of drug-likeness (QED) is 0.729. The van der Waals surface area contributed by atoms with Gasteiger partial charge in [0.05, 0.1) is 0 Å². The summed E-state index contributed by atoms with van der Waals surface area (Å²) in [6, 6.07) is 6.58. The Labute approximate surface area is 92.2 Å². The van der Waals surface area contributed by atoms with E-state index in [0.717, 1.165) is 6.54 Å². The Morgan fingerprint density at radius 1 is 1.33 bits per heavy atom. The molecule has 0 heterocycles. The highest BCUT2D eigenvalue weighted by Gasteiger charge is 2.07. The van der Waals surface area contributed by atoms with E-state index in [1.54, 1.807) is 0 Å². The molecule has 0 saturated heterocycles. The number of unbranched alkanes of at least 4 members (excludes halogenated alkanes) is 1. The van der Waals surface area contributed by atoms with Gasteiger partial charge in [0.15, 0.2) is 0 Å². The third-order valence-corrected chi connectivity index (χ3v) is 2.91. The second-order valence-corrected chi connectivity index (χ2v) is 4.10. The molecular weight excluding hydrogens is 182 g/mol. The van der Waals surface area contributed by atoms with Crippen molar-refractivity contribution in [2.24, 2.45) is 0 Å². The normalized spacial score (nSPS) is 13.7. The predicted molar refractivity (Wildman–Crippen MR) is 67.2 cm³/mol. The van der Waals surface area contributed by atoms with Gasteiger partial charge in [0.25, 0.3) is 0 Å². The van der Waals surface area contributed by atoms with Crippen molar-refractivity contribution in [3.8, 4) is 0 Å². The number of anilines is 1. The number of hydrogen-bond donors (Lipinski definition) is 1. The molecule has 1 aromatic rings. The van der Waals surface area contributed by atoms with Gasteiger partial charge in [-0.2, -0.15) is 0 Å². The van der Waals surface area contributed by atoms with E-state index in [2.05, 4.69) is 42.6 Å². The van der Waals surface area contributed by atoms with E-state index in [4.69, 9.17) is 0 Å². The maximum Gasteiger partial charge on any atom is 0.0416 e. The van der Waals surface area contributed by atoms with Crippen molar-refractivity contribution in [2.75, 3.05) is 11.9 Å². The minimum atomic E-state index is 1.08. The van der Waals surface area contributed by atoms with Gasteiger partial charge in [-0.15, -0.1) is 0 Å². The summed E-state index contributed by atoms with van der Waals surface area (Å²) >= 11 is 0. The Kier molecular flexibility index (Phi) is 3.44. The first-order valence-corrected chi connectivity index (χ1v) is 5.94. The van der Waals surface area contributed by atoms with Crippen LogP contribution in [0.15, 0.2) is 24.3 Å². The zero-order valence-corrected chi connectivity index (χ0v) is 9.42. The third kappa shape index (κ3) is 2.41. The Morgan fingerprint density at radius 2 is 2.27 bits per heavy atom. The van der Waals surface area contributed by atoms with E-state index < -0.39 is 0 Å². The molecule has 0 amide bonds. The van der Waals surface area contributed by atoms with Crippen LogP contribution < -0.4 is 5.32 Å². The Bertz CT molecular complexity index is 352. The van der Waals surface area contributed by atoms with Crippen LogP contribution in [0.5, 0.6) is 0 Å². The molecule has 1 heteroatoms. The molecule has 1 nitrogen and oxygen atoms in total. The van der Waals surface area contributed by atoms with Crippen molar-refractivity contribution in [2.45, 2.75) is 32.6 Å². The lowest BCUT2D eigenvalue weighted by Crippen LogP contribution is -2.05. The van der Waals surface area contributed by atoms with Crippen molar-refractivity contribution in [3.05, 3.63) is 35.4 Å². The summed E-state index contributed by atoms with van der Waals surface area (Å²) in [5.41, 5.74) is 4.19. The number of allylic oxidation sites excluding steroid dienone is 1. The van der Waals surface area contributed by atoms with Crippen LogP contribution in [0, 0.1) is 0 Å². The van der Waals surface area contributed by atoms with Crippen LogP contribution >= 0.6 is 0 Å². The lowest BCUT2D eigenvalue weighted by Gasteiger charge is -2.16. The average Bonchev–Trinajstić information content (AvgIpc) is 2.30. The predicted octanol–water partition coefficient (Wildman–Crippen LogP) is 3.86. The largest absolute Gasteiger partial charge is 0.385 e. The van der Waals surface area contributed by atoms with Gasteiger partial charge in [-0.3, -0.25) is 0 Å². The summed E-state index contributed by atoms with van der Waals surface area (Å²) in [5.74, 6) is 0. The highest BCUT2D eigenvalue weighted by atomic mass is 14.9. The molecule has 0 aliphatic heterocycles. The molecule has 2 rings (SSSR count). The van der Waals surface area contributed by atoms with Gasteiger partial charge in [0.2, 0.25) is 0 Å². The first-order chi connectivity index (χ1) is 7.42. The van der Waals surface area contributed by atoms with Gasteiger partial charge >= 0.3 is 0 Å². The highest BCUT2D eigenvalue weighted by Crippen LogP contribution is 2.26. The number of fused-ring (bicyclic) bond motifs is 1. The van der Waals surface area contributed by atoms with Crippen LogP contribution in [0.2, 0.25) is 0 Å². The van der Waals surface area contributed by atoms with Crippen molar-refractivity contribution in [1.29, 1.82) is 0 Å². The van der Waals surface area contributed by atoms with Gasteiger partial charge in [0.1, 0.15) is 0 Å². The lowest BCUT2D eigenvalue weighted by molar-refractivity contribution is 0.833.